The van der Waals surface area contributed by atoms with Crippen molar-refractivity contribution in [3.8, 4) is 6.19 Å². The van der Waals surface area contributed by atoms with Gasteiger partial charge in [-0.15, -0.1) is 0 Å². The van der Waals surface area contributed by atoms with Gasteiger partial charge in [0.15, 0.2) is 6.19 Å². The molecule has 0 heterocycles. The van der Waals surface area contributed by atoms with Crippen LogP contribution in [0.4, 0.5) is 0 Å². The first-order chi connectivity index (χ1) is 4.54. The van der Waals surface area contributed by atoms with E-state index in [4.69, 9.17) is 15.5 Å². The van der Waals surface area contributed by atoms with Gasteiger partial charge in [-0.25, -0.2) is 0 Å². The molecule has 10 heavy (non-hydrogen) atoms. The molecule has 0 aliphatic rings. The normalized spacial score (nSPS) is 9.10. The molecule has 0 aromatic rings. The molecular weight excluding hydrogens is 132 g/mol. The molecule has 0 aliphatic carbocycles. The second-order valence-corrected chi connectivity index (χ2v) is 2.61. The Morgan fingerprint density at radius 1 is 1.40 bits per heavy atom. The summed E-state index contributed by atoms with van der Waals surface area (Å²) in [5, 5.41) is 24.0. The Hall–Kier alpha value is -0.790. The van der Waals surface area contributed by atoms with Gasteiger partial charge < -0.3 is 15.9 Å². The van der Waals surface area contributed by atoms with Crippen LogP contribution in [-0.2, 0) is 0 Å². The predicted molar refractivity (Wildman–Crippen MR) is 37.8 cm³/mol. The van der Waals surface area contributed by atoms with E-state index in [1.165, 1.54) is 6.19 Å². The van der Waals surface area contributed by atoms with Gasteiger partial charge in [0.05, 0.1) is 13.2 Å². The maximum atomic E-state index is 8.43. The zero-order valence-corrected chi connectivity index (χ0v) is 6.33. The summed E-state index contributed by atoms with van der Waals surface area (Å²) in [7, 11) is 0. The van der Waals surface area contributed by atoms with Gasteiger partial charge in [0, 0.05) is 5.41 Å². The summed E-state index contributed by atoms with van der Waals surface area (Å²) in [6, 6.07) is 0. The second kappa shape index (κ2) is 6.33. The molecule has 0 aromatic carbocycles. The first kappa shape index (κ1) is 11.9. The minimum absolute atomic E-state index is 0.0451. The molecule has 0 bridgehead atoms. The van der Waals surface area contributed by atoms with E-state index in [1.807, 2.05) is 0 Å². The van der Waals surface area contributed by atoms with Crippen LogP contribution in [0.5, 0.6) is 0 Å². The van der Waals surface area contributed by atoms with E-state index < -0.39 is 0 Å². The molecule has 0 fully saturated rings. The standard InChI is InChI=1S/C5H12O2.CH2N2/c1-5(2,3-6)4-7;2-1-3/h6-7H,3-4H2,1-2H3;2H2. The van der Waals surface area contributed by atoms with Gasteiger partial charge in [-0.2, -0.15) is 5.26 Å². The molecule has 0 amide bonds. The first-order valence-corrected chi connectivity index (χ1v) is 2.85. The van der Waals surface area contributed by atoms with Gasteiger partial charge in [-0.1, -0.05) is 13.8 Å². The lowest BCUT2D eigenvalue weighted by Crippen LogP contribution is -2.20. The molecule has 0 atom stereocenters. The average molecular weight is 146 g/mol. The molecule has 0 saturated carbocycles. The Labute approximate surface area is 60.9 Å². The molecule has 0 aliphatic heterocycles. The molecule has 0 unspecified atom stereocenters. The fourth-order valence-electron chi connectivity index (χ4n) is 0.0500. The van der Waals surface area contributed by atoms with E-state index in [1.54, 1.807) is 13.8 Å². The zero-order valence-electron chi connectivity index (χ0n) is 6.33. The third-order valence-electron chi connectivity index (χ3n) is 0.856. The van der Waals surface area contributed by atoms with Crippen molar-refractivity contribution in [2.45, 2.75) is 13.8 Å². The van der Waals surface area contributed by atoms with Crippen LogP contribution in [0.25, 0.3) is 0 Å². The van der Waals surface area contributed by atoms with Crippen molar-refractivity contribution in [3.05, 3.63) is 0 Å². The predicted octanol–water partition coefficient (Wildman–Crippen LogP) is -0.577. The van der Waals surface area contributed by atoms with E-state index in [9.17, 15) is 0 Å². The van der Waals surface area contributed by atoms with Crippen LogP contribution >= 0.6 is 0 Å². The Kier molecular flexibility index (Phi) is 7.56. The summed E-state index contributed by atoms with van der Waals surface area (Å²) in [4.78, 5) is 0. The van der Waals surface area contributed by atoms with Gasteiger partial charge >= 0.3 is 0 Å². The molecule has 4 nitrogen and oxygen atoms in total. The van der Waals surface area contributed by atoms with Gasteiger partial charge in [-0.05, 0) is 0 Å². The van der Waals surface area contributed by atoms with Gasteiger partial charge in [-0.3, -0.25) is 0 Å². The van der Waals surface area contributed by atoms with Crippen molar-refractivity contribution in [1.29, 1.82) is 5.26 Å². The summed E-state index contributed by atoms with van der Waals surface area (Å²) in [6.07, 6.45) is 1.25. The highest BCUT2D eigenvalue weighted by molar-refractivity contribution is 4.62. The maximum absolute atomic E-state index is 8.43. The smallest absolute Gasteiger partial charge is 0.173 e. The topological polar surface area (TPSA) is 90.3 Å². The second-order valence-electron chi connectivity index (χ2n) is 2.61. The van der Waals surface area contributed by atoms with E-state index in [-0.39, 0.29) is 18.6 Å². The van der Waals surface area contributed by atoms with Crippen LogP contribution in [-0.4, -0.2) is 23.4 Å². The van der Waals surface area contributed by atoms with Gasteiger partial charge in [0.25, 0.3) is 0 Å². The first-order valence-electron chi connectivity index (χ1n) is 2.85. The molecule has 0 rings (SSSR count). The number of aliphatic hydroxyl groups is 2. The van der Waals surface area contributed by atoms with E-state index in [2.05, 4.69) is 5.73 Å². The van der Waals surface area contributed by atoms with Crippen molar-refractivity contribution in [2.75, 3.05) is 13.2 Å². The number of nitrogens with two attached hydrogens (primary N) is 1. The van der Waals surface area contributed by atoms with Crippen molar-refractivity contribution in [1.82, 2.24) is 0 Å². The fourth-order valence-corrected chi connectivity index (χ4v) is 0.0500. The molecule has 4 heteroatoms. The number of hydrogen-bond acceptors (Lipinski definition) is 4. The maximum Gasteiger partial charge on any atom is 0.173 e. The van der Waals surface area contributed by atoms with Crippen LogP contribution in [0.2, 0.25) is 0 Å². The lowest BCUT2D eigenvalue weighted by Gasteiger charge is -2.16. The molecule has 60 valence electrons. The monoisotopic (exact) mass is 146 g/mol. The number of hydrogen-bond donors (Lipinski definition) is 3. The lowest BCUT2D eigenvalue weighted by molar-refractivity contribution is 0.0857. The zero-order chi connectivity index (χ0) is 8.62. The van der Waals surface area contributed by atoms with E-state index in [0.29, 0.717) is 0 Å². The van der Waals surface area contributed by atoms with E-state index >= 15 is 0 Å². The summed E-state index contributed by atoms with van der Waals surface area (Å²) in [6.45, 7) is 3.69. The average Bonchev–Trinajstić information content (AvgIpc) is 1.90. The number of nitrogens with zero attached hydrogens (tertiary/aromatic N) is 1. The Bertz CT molecular complexity index is 101. The van der Waals surface area contributed by atoms with Crippen molar-refractivity contribution < 1.29 is 10.2 Å². The summed E-state index contributed by atoms with van der Waals surface area (Å²) in [5.74, 6) is 0. The van der Waals surface area contributed by atoms with Crippen LogP contribution < -0.4 is 5.73 Å². The largest absolute Gasteiger partial charge is 0.396 e. The lowest BCUT2D eigenvalue weighted by atomic mass is 9.97. The van der Waals surface area contributed by atoms with Gasteiger partial charge in [0.2, 0.25) is 0 Å². The SMILES string of the molecule is CC(C)(CO)CO.N#CN. The van der Waals surface area contributed by atoms with Crippen LogP contribution in [0.15, 0.2) is 0 Å². The quantitative estimate of drug-likeness (QED) is 0.359. The molecule has 0 radical (unpaired) electrons. The molecule has 4 N–H and O–H groups in total. The molecule has 0 saturated heterocycles. The Balaban J connectivity index is 0. The minimum atomic E-state index is -0.306. The third kappa shape index (κ3) is 10.2. The van der Waals surface area contributed by atoms with E-state index in [0.717, 1.165) is 0 Å². The highest BCUT2D eigenvalue weighted by Crippen LogP contribution is 2.10. The fraction of sp³-hybridized carbons (Fsp3) is 0.833. The van der Waals surface area contributed by atoms with Crippen LogP contribution in [0.3, 0.4) is 0 Å². The molecule has 0 aromatic heterocycles. The Morgan fingerprint density at radius 3 is 1.60 bits per heavy atom. The van der Waals surface area contributed by atoms with Crippen LogP contribution in [0.1, 0.15) is 13.8 Å². The molecular formula is C6H14N2O2. The Morgan fingerprint density at radius 2 is 1.60 bits per heavy atom. The molecule has 0 spiro atoms. The highest BCUT2D eigenvalue weighted by atomic mass is 16.3. The summed E-state index contributed by atoms with van der Waals surface area (Å²) >= 11 is 0. The third-order valence-corrected chi connectivity index (χ3v) is 0.856. The highest BCUT2D eigenvalue weighted by Gasteiger charge is 2.13. The van der Waals surface area contributed by atoms with Crippen molar-refractivity contribution in [3.63, 3.8) is 0 Å². The van der Waals surface area contributed by atoms with Crippen LogP contribution in [0, 0.1) is 16.9 Å². The number of nitriles is 1. The summed E-state index contributed by atoms with van der Waals surface area (Å²) in [5.41, 5.74) is 3.85. The number of aliphatic hydroxyl groups excluding tert-OH is 2. The number of rotatable bonds is 2. The van der Waals surface area contributed by atoms with Crippen molar-refractivity contribution in [2.24, 2.45) is 11.1 Å². The van der Waals surface area contributed by atoms with Crippen molar-refractivity contribution >= 4 is 0 Å². The summed E-state index contributed by atoms with van der Waals surface area (Å²) < 4.78 is 0. The van der Waals surface area contributed by atoms with Gasteiger partial charge in [0.1, 0.15) is 0 Å². The minimum Gasteiger partial charge on any atom is -0.396 e.